The van der Waals surface area contributed by atoms with Crippen molar-refractivity contribution in [3.8, 4) is 5.75 Å². The third-order valence-corrected chi connectivity index (χ3v) is 2.70. The molecule has 0 heterocycles. The molecule has 0 amide bonds. The van der Waals surface area contributed by atoms with Gasteiger partial charge >= 0.3 is 0 Å². The van der Waals surface area contributed by atoms with Gasteiger partial charge in [-0.3, -0.25) is 0 Å². The summed E-state index contributed by atoms with van der Waals surface area (Å²) >= 11 is 5.29. The van der Waals surface area contributed by atoms with E-state index in [0.29, 0.717) is 5.11 Å². The summed E-state index contributed by atoms with van der Waals surface area (Å²) < 4.78 is 5.65. The van der Waals surface area contributed by atoms with Crippen molar-refractivity contribution in [1.82, 2.24) is 0 Å². The van der Waals surface area contributed by atoms with Crippen LogP contribution in [0.4, 0.5) is 11.4 Å². The Morgan fingerprint density at radius 2 is 1.60 bits per heavy atom. The number of anilines is 2. The van der Waals surface area contributed by atoms with Gasteiger partial charge in [-0.25, -0.2) is 0 Å². The molecule has 2 aromatic rings. The molecule has 0 atom stereocenters. The zero-order valence-electron chi connectivity index (χ0n) is 11.6. The summed E-state index contributed by atoms with van der Waals surface area (Å²) in [5.74, 6) is 0.826. The number of nitrogens with one attached hydrogen (secondary N) is 2. The molecule has 104 valence electrons. The van der Waals surface area contributed by atoms with Crippen LogP contribution in [0.1, 0.15) is 13.8 Å². The first-order valence-electron chi connectivity index (χ1n) is 6.53. The summed E-state index contributed by atoms with van der Waals surface area (Å²) in [7, 11) is 0. The quantitative estimate of drug-likeness (QED) is 0.822. The normalized spacial score (nSPS) is 10.2. The smallest absolute Gasteiger partial charge is 0.175 e. The van der Waals surface area contributed by atoms with Gasteiger partial charge in [-0.2, -0.15) is 0 Å². The lowest BCUT2D eigenvalue weighted by Gasteiger charge is -2.13. The van der Waals surface area contributed by atoms with Crippen LogP contribution in [0, 0.1) is 0 Å². The van der Waals surface area contributed by atoms with Crippen LogP contribution in [-0.2, 0) is 0 Å². The number of thiocarbonyl (C=S) groups is 1. The summed E-state index contributed by atoms with van der Waals surface area (Å²) in [6.07, 6.45) is 0.152. The summed E-state index contributed by atoms with van der Waals surface area (Å²) in [4.78, 5) is 0. The molecule has 4 heteroatoms. The second-order valence-electron chi connectivity index (χ2n) is 4.64. The number of para-hydroxylation sites is 1. The zero-order chi connectivity index (χ0) is 14.4. The van der Waals surface area contributed by atoms with Crippen molar-refractivity contribution in [2.75, 3.05) is 10.6 Å². The van der Waals surface area contributed by atoms with Crippen LogP contribution in [0.5, 0.6) is 5.75 Å². The molecule has 0 spiro atoms. The van der Waals surface area contributed by atoms with E-state index in [1.54, 1.807) is 0 Å². The molecule has 0 aromatic heterocycles. The second kappa shape index (κ2) is 6.91. The SMILES string of the molecule is CC(C)Oc1cccc(NC(=S)Nc2ccccc2)c1. The fourth-order valence-corrected chi connectivity index (χ4v) is 1.97. The third kappa shape index (κ3) is 4.55. The average molecular weight is 286 g/mol. The molecule has 0 aliphatic rings. The first-order valence-corrected chi connectivity index (χ1v) is 6.94. The molecule has 0 aliphatic carbocycles. The van der Waals surface area contributed by atoms with E-state index in [1.165, 1.54) is 0 Å². The van der Waals surface area contributed by atoms with E-state index in [2.05, 4.69) is 10.6 Å². The van der Waals surface area contributed by atoms with E-state index in [9.17, 15) is 0 Å². The predicted octanol–water partition coefficient (Wildman–Crippen LogP) is 4.28. The molecule has 0 aliphatic heterocycles. The minimum atomic E-state index is 0.152. The Bertz CT molecular complexity index is 570. The van der Waals surface area contributed by atoms with Crippen molar-refractivity contribution in [3.05, 3.63) is 54.6 Å². The summed E-state index contributed by atoms with van der Waals surface area (Å²) in [5, 5.41) is 6.83. The standard InChI is InChI=1S/C16H18N2OS/c1-12(2)19-15-10-6-9-14(11-15)18-16(20)17-13-7-4-3-5-8-13/h3-12H,1-2H3,(H2,17,18,20). The van der Waals surface area contributed by atoms with Crippen molar-refractivity contribution in [3.63, 3.8) is 0 Å². The van der Waals surface area contributed by atoms with Crippen LogP contribution < -0.4 is 15.4 Å². The lowest BCUT2D eigenvalue weighted by Crippen LogP contribution is -2.19. The van der Waals surface area contributed by atoms with Crippen LogP contribution in [0.25, 0.3) is 0 Å². The number of hydrogen-bond donors (Lipinski definition) is 2. The lowest BCUT2D eigenvalue weighted by atomic mass is 10.3. The molecule has 0 saturated heterocycles. The Morgan fingerprint density at radius 3 is 2.30 bits per heavy atom. The largest absolute Gasteiger partial charge is 0.491 e. The number of benzene rings is 2. The maximum Gasteiger partial charge on any atom is 0.175 e. The molecule has 3 nitrogen and oxygen atoms in total. The van der Waals surface area contributed by atoms with E-state index in [0.717, 1.165) is 17.1 Å². The van der Waals surface area contributed by atoms with Gasteiger partial charge in [0.2, 0.25) is 0 Å². The van der Waals surface area contributed by atoms with Crippen LogP contribution >= 0.6 is 12.2 Å². The topological polar surface area (TPSA) is 33.3 Å². The van der Waals surface area contributed by atoms with Crippen LogP contribution in [0.15, 0.2) is 54.6 Å². The maximum absolute atomic E-state index is 5.65. The summed E-state index contributed by atoms with van der Waals surface area (Å²) in [5.41, 5.74) is 1.86. The van der Waals surface area contributed by atoms with E-state index in [1.807, 2.05) is 68.4 Å². The van der Waals surface area contributed by atoms with Crippen LogP contribution in [0.2, 0.25) is 0 Å². The van der Waals surface area contributed by atoms with Crippen LogP contribution in [0.3, 0.4) is 0 Å². The van der Waals surface area contributed by atoms with Gasteiger partial charge in [-0.05, 0) is 50.3 Å². The van der Waals surface area contributed by atoms with Gasteiger partial charge in [0, 0.05) is 17.4 Å². The Labute approximate surface area is 125 Å². The molecule has 2 aromatic carbocycles. The molecule has 2 rings (SSSR count). The zero-order valence-corrected chi connectivity index (χ0v) is 12.4. The Morgan fingerprint density at radius 1 is 0.950 bits per heavy atom. The first kappa shape index (κ1) is 14.3. The number of ether oxygens (including phenoxy) is 1. The molecule has 2 N–H and O–H groups in total. The van der Waals surface area contributed by atoms with Gasteiger partial charge in [0.15, 0.2) is 5.11 Å². The van der Waals surface area contributed by atoms with E-state index in [-0.39, 0.29) is 6.10 Å². The highest BCUT2D eigenvalue weighted by molar-refractivity contribution is 7.80. The molecule has 0 bridgehead atoms. The van der Waals surface area contributed by atoms with E-state index in [4.69, 9.17) is 17.0 Å². The molecule has 0 radical (unpaired) electrons. The van der Waals surface area contributed by atoms with Gasteiger partial charge in [0.05, 0.1) is 6.10 Å². The highest BCUT2D eigenvalue weighted by Gasteiger charge is 2.01. The highest BCUT2D eigenvalue weighted by atomic mass is 32.1. The van der Waals surface area contributed by atoms with E-state index < -0.39 is 0 Å². The van der Waals surface area contributed by atoms with Crippen molar-refractivity contribution in [2.24, 2.45) is 0 Å². The summed E-state index contributed by atoms with van der Waals surface area (Å²) in [6.45, 7) is 4.00. The van der Waals surface area contributed by atoms with Crippen LogP contribution in [-0.4, -0.2) is 11.2 Å². The van der Waals surface area contributed by atoms with Gasteiger partial charge < -0.3 is 15.4 Å². The Hall–Kier alpha value is -2.07. The molecule has 20 heavy (non-hydrogen) atoms. The van der Waals surface area contributed by atoms with Crippen molar-refractivity contribution in [1.29, 1.82) is 0 Å². The molecular weight excluding hydrogens is 268 g/mol. The second-order valence-corrected chi connectivity index (χ2v) is 5.05. The highest BCUT2D eigenvalue weighted by Crippen LogP contribution is 2.18. The minimum Gasteiger partial charge on any atom is -0.491 e. The molecule has 0 saturated carbocycles. The molecule has 0 fully saturated rings. The average Bonchev–Trinajstić information content (AvgIpc) is 2.39. The first-order chi connectivity index (χ1) is 9.63. The van der Waals surface area contributed by atoms with Gasteiger partial charge in [0.25, 0.3) is 0 Å². The number of rotatable bonds is 4. The van der Waals surface area contributed by atoms with Crippen molar-refractivity contribution < 1.29 is 4.74 Å². The fourth-order valence-electron chi connectivity index (χ4n) is 1.73. The van der Waals surface area contributed by atoms with Gasteiger partial charge in [0.1, 0.15) is 5.75 Å². The fraction of sp³-hybridized carbons (Fsp3) is 0.188. The van der Waals surface area contributed by atoms with Gasteiger partial charge in [-0.1, -0.05) is 24.3 Å². The molecular formula is C16H18N2OS. The number of hydrogen-bond acceptors (Lipinski definition) is 2. The Kier molecular flexibility index (Phi) is 4.96. The monoisotopic (exact) mass is 286 g/mol. The lowest BCUT2D eigenvalue weighted by molar-refractivity contribution is 0.242. The minimum absolute atomic E-state index is 0.152. The maximum atomic E-state index is 5.65. The molecule has 0 unspecified atom stereocenters. The van der Waals surface area contributed by atoms with Crippen molar-refractivity contribution in [2.45, 2.75) is 20.0 Å². The third-order valence-electron chi connectivity index (χ3n) is 2.50. The van der Waals surface area contributed by atoms with Crippen molar-refractivity contribution >= 4 is 28.7 Å². The van der Waals surface area contributed by atoms with E-state index >= 15 is 0 Å². The summed E-state index contributed by atoms with van der Waals surface area (Å²) in [6, 6.07) is 17.6. The predicted molar refractivity (Wildman–Crippen MR) is 88.5 cm³/mol. The Balaban J connectivity index is 1.97. The van der Waals surface area contributed by atoms with Gasteiger partial charge in [-0.15, -0.1) is 0 Å².